The van der Waals surface area contributed by atoms with Crippen LogP contribution < -0.4 is 10.1 Å². The molecule has 116 valence electrons. The van der Waals surface area contributed by atoms with Crippen LogP contribution in [0.2, 0.25) is 0 Å². The number of pyridine rings is 1. The molecule has 1 heterocycles. The second kappa shape index (κ2) is 7.59. The second-order valence-corrected chi connectivity index (χ2v) is 5.36. The predicted molar refractivity (Wildman–Crippen MR) is 86.7 cm³/mol. The predicted octanol–water partition coefficient (Wildman–Crippen LogP) is 3.17. The molecule has 1 N–H and O–H groups in total. The minimum atomic E-state index is -0.483. The molecular formula is C18H22N2O2. The molecule has 4 nitrogen and oxygen atoms in total. The van der Waals surface area contributed by atoms with Gasteiger partial charge in [-0.25, -0.2) is 0 Å². The van der Waals surface area contributed by atoms with Gasteiger partial charge in [-0.2, -0.15) is 0 Å². The summed E-state index contributed by atoms with van der Waals surface area (Å²) in [5.41, 5.74) is 3.24. The molecule has 0 aliphatic rings. The molecule has 0 aliphatic heterocycles. The van der Waals surface area contributed by atoms with Gasteiger partial charge in [-0.3, -0.25) is 9.78 Å². The third-order valence-electron chi connectivity index (χ3n) is 3.48. The summed E-state index contributed by atoms with van der Waals surface area (Å²) in [4.78, 5) is 16.2. The summed E-state index contributed by atoms with van der Waals surface area (Å²) in [6.45, 7) is 6.45. The van der Waals surface area contributed by atoms with E-state index in [1.54, 1.807) is 12.4 Å². The monoisotopic (exact) mass is 298 g/mol. The van der Waals surface area contributed by atoms with Crippen LogP contribution in [0.3, 0.4) is 0 Å². The number of hydrogen-bond acceptors (Lipinski definition) is 3. The van der Waals surface area contributed by atoms with Crippen molar-refractivity contribution in [1.29, 1.82) is 0 Å². The van der Waals surface area contributed by atoms with E-state index >= 15 is 0 Å². The average Bonchev–Trinajstić information content (AvgIpc) is 2.53. The van der Waals surface area contributed by atoms with Crippen molar-refractivity contribution in [2.45, 2.75) is 39.8 Å². The van der Waals surface area contributed by atoms with Gasteiger partial charge in [0.05, 0.1) is 0 Å². The maximum absolute atomic E-state index is 12.3. The van der Waals surface area contributed by atoms with Crippen LogP contribution in [-0.2, 0) is 11.3 Å². The van der Waals surface area contributed by atoms with Crippen LogP contribution in [-0.4, -0.2) is 17.0 Å². The van der Waals surface area contributed by atoms with E-state index in [-0.39, 0.29) is 5.91 Å². The van der Waals surface area contributed by atoms with Crippen molar-refractivity contribution in [1.82, 2.24) is 10.3 Å². The van der Waals surface area contributed by atoms with Gasteiger partial charge in [0.15, 0.2) is 6.10 Å². The van der Waals surface area contributed by atoms with Gasteiger partial charge in [0, 0.05) is 18.9 Å². The van der Waals surface area contributed by atoms with Gasteiger partial charge in [-0.15, -0.1) is 0 Å². The Kier molecular flexibility index (Phi) is 5.53. The number of carbonyl (C=O) groups excluding carboxylic acids is 1. The Morgan fingerprint density at radius 3 is 2.59 bits per heavy atom. The number of nitrogens with one attached hydrogen (secondary N) is 1. The molecule has 0 aliphatic carbocycles. The van der Waals surface area contributed by atoms with E-state index in [1.165, 1.54) is 5.56 Å². The van der Waals surface area contributed by atoms with Crippen molar-refractivity contribution >= 4 is 5.91 Å². The zero-order valence-corrected chi connectivity index (χ0v) is 13.3. The Hall–Kier alpha value is -2.36. The summed E-state index contributed by atoms with van der Waals surface area (Å²) in [5, 5.41) is 2.91. The maximum Gasteiger partial charge on any atom is 0.261 e. The van der Waals surface area contributed by atoms with Crippen LogP contribution in [0.25, 0.3) is 0 Å². The molecule has 0 spiro atoms. The highest BCUT2D eigenvalue weighted by molar-refractivity contribution is 5.81. The summed E-state index contributed by atoms with van der Waals surface area (Å²) >= 11 is 0. The number of benzene rings is 1. The second-order valence-electron chi connectivity index (χ2n) is 5.36. The van der Waals surface area contributed by atoms with Gasteiger partial charge >= 0.3 is 0 Å². The van der Waals surface area contributed by atoms with E-state index in [0.29, 0.717) is 13.0 Å². The lowest BCUT2D eigenvalue weighted by molar-refractivity contribution is -0.128. The molecule has 0 bridgehead atoms. The standard InChI is InChI=1S/C18H22N2O2/c1-4-16(22-17-6-5-13(2)11-14(17)3)18(21)20-12-15-7-9-19-10-8-15/h5-11,16H,4,12H2,1-3H3,(H,20,21). The van der Waals surface area contributed by atoms with Crippen LogP contribution in [0.15, 0.2) is 42.7 Å². The van der Waals surface area contributed by atoms with E-state index in [2.05, 4.69) is 16.4 Å². The molecule has 2 aromatic rings. The third kappa shape index (κ3) is 4.32. The minimum absolute atomic E-state index is 0.0979. The normalized spacial score (nSPS) is 11.8. The lowest BCUT2D eigenvalue weighted by Gasteiger charge is -2.19. The smallest absolute Gasteiger partial charge is 0.261 e. The van der Waals surface area contributed by atoms with Crippen LogP contribution in [0, 0.1) is 13.8 Å². The van der Waals surface area contributed by atoms with Crippen LogP contribution >= 0.6 is 0 Å². The van der Waals surface area contributed by atoms with E-state index in [9.17, 15) is 4.79 Å². The number of amides is 1. The third-order valence-corrected chi connectivity index (χ3v) is 3.48. The highest BCUT2D eigenvalue weighted by atomic mass is 16.5. The lowest BCUT2D eigenvalue weighted by Crippen LogP contribution is -2.37. The number of aryl methyl sites for hydroxylation is 2. The molecule has 1 aromatic heterocycles. The first-order valence-corrected chi connectivity index (χ1v) is 7.50. The van der Waals surface area contributed by atoms with Crippen molar-refractivity contribution in [2.24, 2.45) is 0 Å². The lowest BCUT2D eigenvalue weighted by atomic mass is 10.1. The van der Waals surface area contributed by atoms with Crippen molar-refractivity contribution < 1.29 is 9.53 Å². The topological polar surface area (TPSA) is 51.2 Å². The zero-order valence-electron chi connectivity index (χ0n) is 13.3. The SMILES string of the molecule is CCC(Oc1ccc(C)cc1C)C(=O)NCc1ccncc1. The van der Waals surface area contributed by atoms with E-state index in [0.717, 1.165) is 16.9 Å². The van der Waals surface area contributed by atoms with Gasteiger partial charge in [0.2, 0.25) is 0 Å². The Morgan fingerprint density at radius 1 is 1.23 bits per heavy atom. The van der Waals surface area contributed by atoms with Crippen molar-refractivity contribution in [2.75, 3.05) is 0 Å². The number of aromatic nitrogens is 1. The largest absolute Gasteiger partial charge is 0.480 e. The average molecular weight is 298 g/mol. The van der Waals surface area contributed by atoms with Crippen molar-refractivity contribution in [3.8, 4) is 5.75 Å². The molecule has 1 aromatic carbocycles. The molecule has 0 fully saturated rings. The summed E-state index contributed by atoms with van der Waals surface area (Å²) < 4.78 is 5.88. The first-order chi connectivity index (χ1) is 10.6. The van der Waals surface area contributed by atoms with Crippen LogP contribution in [0.4, 0.5) is 0 Å². The summed E-state index contributed by atoms with van der Waals surface area (Å²) in [5.74, 6) is 0.663. The fourth-order valence-electron chi connectivity index (χ4n) is 2.21. The fourth-order valence-corrected chi connectivity index (χ4v) is 2.21. The number of ether oxygens (including phenoxy) is 1. The first-order valence-electron chi connectivity index (χ1n) is 7.50. The molecule has 1 unspecified atom stereocenters. The fraction of sp³-hybridized carbons (Fsp3) is 0.333. The van der Waals surface area contributed by atoms with Crippen LogP contribution in [0.5, 0.6) is 5.75 Å². The van der Waals surface area contributed by atoms with Crippen LogP contribution in [0.1, 0.15) is 30.0 Å². The number of carbonyl (C=O) groups is 1. The molecule has 4 heteroatoms. The Morgan fingerprint density at radius 2 is 1.95 bits per heavy atom. The Labute approximate surface area is 131 Å². The number of nitrogens with zero attached hydrogens (tertiary/aromatic N) is 1. The number of rotatable bonds is 6. The van der Waals surface area contributed by atoms with E-state index in [4.69, 9.17) is 4.74 Å². The maximum atomic E-state index is 12.3. The molecule has 1 atom stereocenters. The number of hydrogen-bond donors (Lipinski definition) is 1. The van der Waals surface area contributed by atoms with Crippen molar-refractivity contribution in [3.05, 3.63) is 59.4 Å². The Balaban J connectivity index is 1.97. The van der Waals surface area contributed by atoms with E-state index in [1.807, 2.05) is 45.0 Å². The molecule has 0 saturated heterocycles. The first kappa shape index (κ1) is 16.0. The highest BCUT2D eigenvalue weighted by Crippen LogP contribution is 2.20. The highest BCUT2D eigenvalue weighted by Gasteiger charge is 2.18. The molecular weight excluding hydrogens is 276 g/mol. The molecule has 2 rings (SSSR count). The van der Waals surface area contributed by atoms with Gasteiger partial charge in [-0.1, -0.05) is 24.6 Å². The van der Waals surface area contributed by atoms with Gasteiger partial charge in [0.25, 0.3) is 5.91 Å². The summed E-state index contributed by atoms with van der Waals surface area (Å²) in [7, 11) is 0. The van der Waals surface area contributed by atoms with Gasteiger partial charge in [-0.05, 0) is 49.6 Å². The summed E-state index contributed by atoms with van der Waals surface area (Å²) in [6.07, 6.45) is 3.56. The van der Waals surface area contributed by atoms with Gasteiger partial charge in [0.1, 0.15) is 5.75 Å². The molecule has 0 saturated carbocycles. The molecule has 22 heavy (non-hydrogen) atoms. The quantitative estimate of drug-likeness (QED) is 0.891. The minimum Gasteiger partial charge on any atom is -0.480 e. The molecule has 0 radical (unpaired) electrons. The Bertz CT molecular complexity index is 626. The van der Waals surface area contributed by atoms with E-state index < -0.39 is 6.10 Å². The zero-order chi connectivity index (χ0) is 15.9. The summed E-state index contributed by atoms with van der Waals surface area (Å²) in [6, 6.07) is 9.72. The van der Waals surface area contributed by atoms with Gasteiger partial charge < -0.3 is 10.1 Å². The van der Waals surface area contributed by atoms with Crippen molar-refractivity contribution in [3.63, 3.8) is 0 Å². The molecule has 1 amide bonds.